The fraction of sp³-hybridized carbons (Fsp3) is 0.250. The Balaban J connectivity index is 1.53. The maximum Gasteiger partial charge on any atom is 0.251 e. The first-order chi connectivity index (χ1) is 15.1. The van der Waals surface area contributed by atoms with Crippen LogP contribution in [0.3, 0.4) is 0 Å². The molecule has 7 heteroatoms. The minimum absolute atomic E-state index is 0.135. The van der Waals surface area contributed by atoms with E-state index in [1.165, 1.54) is 16.0 Å². The third-order valence-corrected chi connectivity index (χ3v) is 5.58. The fourth-order valence-electron chi connectivity index (χ4n) is 3.09. The van der Waals surface area contributed by atoms with Crippen molar-refractivity contribution in [3.63, 3.8) is 0 Å². The highest BCUT2D eigenvalue weighted by atomic mass is 32.2. The van der Waals surface area contributed by atoms with Gasteiger partial charge in [0.25, 0.3) is 5.91 Å². The van der Waals surface area contributed by atoms with Gasteiger partial charge in [-0.05, 0) is 60.2 Å². The topological polar surface area (TPSA) is 78.7 Å². The second kappa shape index (κ2) is 11.3. The minimum Gasteiger partial charge on any atom is -0.467 e. The lowest BCUT2D eigenvalue weighted by Gasteiger charge is -2.14. The van der Waals surface area contributed by atoms with Crippen LogP contribution in [0.25, 0.3) is 0 Å². The number of nitrogens with one attached hydrogen (secondary N) is 3. The van der Waals surface area contributed by atoms with Crippen molar-refractivity contribution in [2.75, 3.05) is 13.3 Å². The van der Waals surface area contributed by atoms with Crippen LogP contribution in [0.4, 0.5) is 0 Å². The Morgan fingerprint density at radius 2 is 1.84 bits per heavy atom. The van der Waals surface area contributed by atoms with Gasteiger partial charge in [-0.3, -0.25) is 9.79 Å². The molecular weight excluding hydrogens is 408 g/mol. The molecule has 3 aromatic rings. The molecule has 1 amide bonds. The average Bonchev–Trinajstić information content (AvgIpc) is 3.32. The molecule has 0 fully saturated rings. The first-order valence-electron chi connectivity index (χ1n) is 10.1. The highest BCUT2D eigenvalue weighted by Gasteiger charge is 2.08. The number of rotatable bonds is 8. The second-order valence-electron chi connectivity index (χ2n) is 7.06. The summed E-state index contributed by atoms with van der Waals surface area (Å²) in [5.74, 6) is 1.30. The normalized spacial score (nSPS) is 11.3. The Labute approximate surface area is 187 Å². The number of thioether (sulfide) groups is 1. The molecule has 2 aromatic carbocycles. The van der Waals surface area contributed by atoms with Crippen LogP contribution in [0.5, 0.6) is 0 Å². The van der Waals surface area contributed by atoms with E-state index in [9.17, 15) is 4.79 Å². The molecule has 0 saturated carbocycles. The SMILES string of the molecule is CN=C(NCc1cccc(C(=O)NCc2ccco2)c1)NCc1ccc(C)cc1SC. The number of hydrogen-bond acceptors (Lipinski definition) is 4. The number of aryl methyl sites for hydroxylation is 1. The molecule has 1 heterocycles. The van der Waals surface area contributed by atoms with Gasteiger partial charge in [-0.15, -0.1) is 11.8 Å². The van der Waals surface area contributed by atoms with E-state index in [1.54, 1.807) is 37.2 Å². The van der Waals surface area contributed by atoms with Gasteiger partial charge < -0.3 is 20.4 Å². The monoisotopic (exact) mass is 436 g/mol. The molecule has 31 heavy (non-hydrogen) atoms. The lowest BCUT2D eigenvalue weighted by Crippen LogP contribution is -2.36. The van der Waals surface area contributed by atoms with E-state index in [-0.39, 0.29) is 5.91 Å². The van der Waals surface area contributed by atoms with Gasteiger partial charge in [-0.2, -0.15) is 0 Å². The number of furan rings is 1. The predicted molar refractivity (Wildman–Crippen MR) is 126 cm³/mol. The number of amides is 1. The van der Waals surface area contributed by atoms with Gasteiger partial charge in [0.1, 0.15) is 5.76 Å². The maximum atomic E-state index is 12.4. The Bertz CT molecular complexity index is 1030. The summed E-state index contributed by atoms with van der Waals surface area (Å²) in [5, 5.41) is 9.54. The van der Waals surface area contributed by atoms with Crippen molar-refractivity contribution in [3.8, 4) is 0 Å². The molecule has 0 aliphatic heterocycles. The van der Waals surface area contributed by atoms with Gasteiger partial charge in [0.05, 0.1) is 12.8 Å². The molecular formula is C24H28N4O2S. The van der Waals surface area contributed by atoms with Crippen LogP contribution in [0.2, 0.25) is 0 Å². The first-order valence-corrected chi connectivity index (χ1v) is 11.3. The number of carbonyl (C=O) groups excluding carboxylic acids is 1. The summed E-state index contributed by atoms with van der Waals surface area (Å²) in [7, 11) is 1.75. The van der Waals surface area contributed by atoms with Gasteiger partial charge in [0.15, 0.2) is 5.96 Å². The van der Waals surface area contributed by atoms with E-state index in [2.05, 4.69) is 52.3 Å². The molecule has 3 rings (SSSR count). The number of nitrogens with zero attached hydrogens (tertiary/aromatic N) is 1. The van der Waals surface area contributed by atoms with Crippen LogP contribution in [0.1, 0.15) is 32.8 Å². The van der Waals surface area contributed by atoms with Crippen molar-refractivity contribution >= 4 is 23.6 Å². The molecule has 6 nitrogen and oxygen atoms in total. The first kappa shape index (κ1) is 22.5. The summed E-state index contributed by atoms with van der Waals surface area (Å²) >= 11 is 1.74. The maximum absolute atomic E-state index is 12.4. The molecule has 162 valence electrons. The highest BCUT2D eigenvalue weighted by Crippen LogP contribution is 2.21. The van der Waals surface area contributed by atoms with Crippen LogP contribution < -0.4 is 16.0 Å². The van der Waals surface area contributed by atoms with Crippen LogP contribution in [0.15, 0.2) is 75.2 Å². The van der Waals surface area contributed by atoms with Gasteiger partial charge >= 0.3 is 0 Å². The number of aliphatic imine (C=N–C) groups is 1. The molecule has 0 bridgehead atoms. The largest absolute Gasteiger partial charge is 0.467 e. The lowest BCUT2D eigenvalue weighted by atomic mass is 10.1. The third kappa shape index (κ3) is 6.65. The highest BCUT2D eigenvalue weighted by molar-refractivity contribution is 7.98. The van der Waals surface area contributed by atoms with Crippen LogP contribution in [-0.4, -0.2) is 25.2 Å². The van der Waals surface area contributed by atoms with Gasteiger partial charge in [0, 0.05) is 30.6 Å². The van der Waals surface area contributed by atoms with Crippen molar-refractivity contribution in [1.29, 1.82) is 0 Å². The molecule has 3 N–H and O–H groups in total. The number of carbonyl (C=O) groups is 1. The number of guanidine groups is 1. The summed E-state index contributed by atoms with van der Waals surface area (Å²) in [5.41, 5.74) is 4.09. The quantitative estimate of drug-likeness (QED) is 0.281. The molecule has 0 aliphatic carbocycles. The van der Waals surface area contributed by atoms with E-state index in [4.69, 9.17) is 4.42 Å². The Morgan fingerprint density at radius 3 is 2.58 bits per heavy atom. The molecule has 0 unspecified atom stereocenters. The van der Waals surface area contributed by atoms with Crippen molar-refractivity contribution in [2.45, 2.75) is 31.5 Å². The Hall–Kier alpha value is -3.19. The summed E-state index contributed by atoms with van der Waals surface area (Å²) < 4.78 is 5.25. The summed E-state index contributed by atoms with van der Waals surface area (Å²) in [6.45, 7) is 3.71. The Kier molecular flexibility index (Phi) is 8.18. The van der Waals surface area contributed by atoms with E-state index in [1.807, 2.05) is 24.3 Å². The van der Waals surface area contributed by atoms with Crippen LogP contribution >= 0.6 is 11.8 Å². The van der Waals surface area contributed by atoms with Gasteiger partial charge in [-0.25, -0.2) is 0 Å². The number of benzene rings is 2. The molecule has 0 aliphatic rings. The van der Waals surface area contributed by atoms with E-state index in [0.717, 1.165) is 11.3 Å². The van der Waals surface area contributed by atoms with Gasteiger partial charge in [-0.1, -0.05) is 24.3 Å². The lowest BCUT2D eigenvalue weighted by molar-refractivity contribution is 0.0948. The molecule has 0 radical (unpaired) electrons. The predicted octanol–water partition coefficient (Wildman–Crippen LogP) is 4.11. The standard InChI is InChI=1S/C24H28N4O2S/c1-17-9-10-20(22(12-17)31-3)15-28-24(25-2)27-14-18-6-4-7-19(13-18)23(29)26-16-21-8-5-11-30-21/h4-13H,14-16H2,1-3H3,(H,26,29)(H2,25,27,28). The second-order valence-corrected chi connectivity index (χ2v) is 7.91. The molecule has 0 saturated heterocycles. The van der Waals surface area contributed by atoms with Crippen molar-refractivity contribution in [3.05, 3.63) is 88.9 Å². The summed E-state index contributed by atoms with van der Waals surface area (Å²) in [4.78, 5) is 18.0. The van der Waals surface area contributed by atoms with E-state index in [0.29, 0.717) is 31.2 Å². The Morgan fingerprint density at radius 1 is 1.00 bits per heavy atom. The smallest absolute Gasteiger partial charge is 0.251 e. The van der Waals surface area contributed by atoms with Crippen LogP contribution in [-0.2, 0) is 19.6 Å². The van der Waals surface area contributed by atoms with Crippen molar-refractivity contribution in [2.24, 2.45) is 4.99 Å². The minimum atomic E-state index is -0.135. The van der Waals surface area contributed by atoms with E-state index < -0.39 is 0 Å². The molecule has 1 aromatic heterocycles. The van der Waals surface area contributed by atoms with Crippen molar-refractivity contribution < 1.29 is 9.21 Å². The zero-order chi connectivity index (χ0) is 22.1. The zero-order valence-electron chi connectivity index (χ0n) is 18.1. The summed E-state index contributed by atoms with van der Waals surface area (Å²) in [6.07, 6.45) is 3.68. The van der Waals surface area contributed by atoms with Crippen LogP contribution in [0, 0.1) is 6.92 Å². The molecule has 0 atom stereocenters. The zero-order valence-corrected chi connectivity index (χ0v) is 18.9. The molecule has 0 spiro atoms. The van der Waals surface area contributed by atoms with E-state index >= 15 is 0 Å². The number of hydrogen-bond donors (Lipinski definition) is 3. The average molecular weight is 437 g/mol. The van der Waals surface area contributed by atoms with Gasteiger partial charge in [0.2, 0.25) is 0 Å². The van der Waals surface area contributed by atoms with Crippen molar-refractivity contribution in [1.82, 2.24) is 16.0 Å². The summed E-state index contributed by atoms with van der Waals surface area (Å²) in [6, 6.07) is 17.6. The third-order valence-electron chi connectivity index (χ3n) is 4.76. The fourth-order valence-corrected chi connectivity index (χ4v) is 3.79.